The summed E-state index contributed by atoms with van der Waals surface area (Å²) >= 11 is 3.36. The van der Waals surface area contributed by atoms with E-state index in [1.165, 1.54) is 17.8 Å². The normalized spacial score (nSPS) is 15.1. The molecule has 0 atom stereocenters. The van der Waals surface area contributed by atoms with Crippen molar-refractivity contribution in [3.8, 4) is 0 Å². The average Bonchev–Trinajstić information content (AvgIpc) is 2.93. The van der Waals surface area contributed by atoms with Crippen LogP contribution in [0.15, 0.2) is 28.9 Å². The smallest absolute Gasteiger partial charge is 0.342 e. The molecule has 0 unspecified atom stereocenters. The molecule has 106 valence electrons. The zero-order chi connectivity index (χ0) is 15.1. The Morgan fingerprint density at radius 3 is 2.90 bits per heavy atom. The molecular weight excluding hydrogens is 340 g/mol. The van der Waals surface area contributed by atoms with Crippen molar-refractivity contribution < 1.29 is 9.72 Å². The van der Waals surface area contributed by atoms with Crippen molar-refractivity contribution in [2.75, 3.05) is 5.32 Å². The highest BCUT2D eigenvalue weighted by molar-refractivity contribution is 9.10. The number of imidazole rings is 1. The second-order valence-electron chi connectivity index (χ2n) is 4.49. The van der Waals surface area contributed by atoms with E-state index < -0.39 is 4.92 Å². The lowest BCUT2D eigenvalue weighted by Gasteiger charge is -1.99. The number of hydrogen-bond acceptors (Lipinski definition) is 4. The molecule has 0 aliphatic carbocycles. The third-order valence-electron chi connectivity index (χ3n) is 3.22. The lowest BCUT2D eigenvalue weighted by Crippen LogP contribution is -2.04. The second kappa shape index (κ2) is 4.81. The van der Waals surface area contributed by atoms with Crippen LogP contribution >= 0.6 is 15.9 Å². The topological polar surface area (TPSA) is 90.1 Å². The van der Waals surface area contributed by atoms with Gasteiger partial charge in [0.1, 0.15) is 6.20 Å². The van der Waals surface area contributed by atoms with Gasteiger partial charge in [-0.1, -0.05) is 15.9 Å². The molecule has 0 saturated carbocycles. The van der Waals surface area contributed by atoms with Gasteiger partial charge in [0, 0.05) is 21.8 Å². The van der Waals surface area contributed by atoms with Gasteiger partial charge in [-0.2, -0.15) is 0 Å². The number of nitrogens with zero attached hydrogens (tertiary/aromatic N) is 3. The van der Waals surface area contributed by atoms with Crippen molar-refractivity contribution in [1.29, 1.82) is 0 Å². The van der Waals surface area contributed by atoms with Crippen molar-refractivity contribution >= 4 is 45.0 Å². The molecule has 0 spiro atoms. The molecule has 1 aliphatic rings. The van der Waals surface area contributed by atoms with Gasteiger partial charge >= 0.3 is 5.82 Å². The van der Waals surface area contributed by atoms with Crippen molar-refractivity contribution in [2.45, 2.75) is 0 Å². The van der Waals surface area contributed by atoms with Gasteiger partial charge in [-0.05, 0) is 23.1 Å². The zero-order valence-electron chi connectivity index (χ0n) is 10.8. The van der Waals surface area contributed by atoms with E-state index in [0.29, 0.717) is 17.1 Å². The SMILES string of the molecule is Cn1c([N+](=O)[O-])cnc1/C=C1\C(=O)Nc2ccc(Br)cc21. The Morgan fingerprint density at radius 2 is 2.24 bits per heavy atom. The summed E-state index contributed by atoms with van der Waals surface area (Å²) in [6.07, 6.45) is 2.71. The van der Waals surface area contributed by atoms with Crippen LogP contribution in [0.5, 0.6) is 0 Å². The van der Waals surface area contributed by atoms with Crippen LogP contribution in [0.25, 0.3) is 11.6 Å². The number of benzene rings is 1. The summed E-state index contributed by atoms with van der Waals surface area (Å²) in [5, 5.41) is 13.6. The minimum absolute atomic E-state index is 0.130. The Bertz CT molecular complexity index is 810. The van der Waals surface area contributed by atoms with Gasteiger partial charge in [-0.3, -0.25) is 4.79 Å². The van der Waals surface area contributed by atoms with Crippen molar-refractivity contribution in [3.63, 3.8) is 0 Å². The lowest BCUT2D eigenvalue weighted by molar-refractivity contribution is -0.391. The summed E-state index contributed by atoms with van der Waals surface area (Å²) in [5.74, 6) is -0.0388. The fourth-order valence-electron chi connectivity index (χ4n) is 2.15. The van der Waals surface area contributed by atoms with Gasteiger partial charge in [0.25, 0.3) is 5.91 Å². The van der Waals surface area contributed by atoms with E-state index in [0.717, 1.165) is 10.0 Å². The quantitative estimate of drug-likeness (QED) is 0.513. The lowest BCUT2D eigenvalue weighted by atomic mass is 10.1. The van der Waals surface area contributed by atoms with Crippen LogP contribution in [0.2, 0.25) is 0 Å². The number of amides is 1. The van der Waals surface area contributed by atoms with Crippen molar-refractivity contribution in [2.24, 2.45) is 7.05 Å². The molecule has 1 aliphatic heterocycles. The Balaban J connectivity index is 2.11. The minimum atomic E-state index is -0.520. The molecule has 0 radical (unpaired) electrons. The first-order chi connectivity index (χ1) is 9.97. The van der Waals surface area contributed by atoms with E-state index in [4.69, 9.17) is 0 Å². The Labute approximate surface area is 127 Å². The number of carbonyl (C=O) groups excluding carboxylic acids is 1. The van der Waals surface area contributed by atoms with E-state index in [9.17, 15) is 14.9 Å². The van der Waals surface area contributed by atoms with Gasteiger partial charge in [0.15, 0.2) is 0 Å². The number of anilines is 1. The van der Waals surface area contributed by atoms with Gasteiger partial charge < -0.3 is 15.4 Å². The predicted molar refractivity (Wildman–Crippen MR) is 80.5 cm³/mol. The molecule has 2 heterocycles. The summed E-state index contributed by atoms with van der Waals surface area (Å²) in [6.45, 7) is 0. The summed E-state index contributed by atoms with van der Waals surface area (Å²) in [5.41, 5.74) is 1.87. The van der Waals surface area contributed by atoms with Crippen LogP contribution in [0, 0.1) is 10.1 Å². The molecule has 1 N–H and O–H groups in total. The molecular formula is C13H9BrN4O3. The van der Waals surface area contributed by atoms with Gasteiger partial charge in [-0.15, -0.1) is 0 Å². The van der Waals surface area contributed by atoms with Crippen LogP contribution in [-0.4, -0.2) is 20.4 Å². The molecule has 7 nitrogen and oxygen atoms in total. The predicted octanol–water partition coefficient (Wildman–Crippen LogP) is 2.58. The van der Waals surface area contributed by atoms with Gasteiger partial charge in [0.2, 0.25) is 5.82 Å². The fraction of sp³-hybridized carbons (Fsp3) is 0.0769. The maximum atomic E-state index is 12.0. The fourth-order valence-corrected chi connectivity index (χ4v) is 2.51. The summed E-state index contributed by atoms with van der Waals surface area (Å²) < 4.78 is 2.17. The third-order valence-corrected chi connectivity index (χ3v) is 3.72. The van der Waals surface area contributed by atoms with E-state index in [1.807, 2.05) is 12.1 Å². The van der Waals surface area contributed by atoms with Crippen LogP contribution in [0.4, 0.5) is 11.5 Å². The second-order valence-corrected chi connectivity index (χ2v) is 5.41. The molecule has 0 fully saturated rings. The van der Waals surface area contributed by atoms with E-state index in [-0.39, 0.29) is 11.7 Å². The van der Waals surface area contributed by atoms with E-state index in [1.54, 1.807) is 12.1 Å². The first-order valence-corrected chi connectivity index (χ1v) is 6.76. The van der Waals surface area contributed by atoms with Crippen LogP contribution in [-0.2, 0) is 11.8 Å². The number of rotatable bonds is 2. The number of carbonyl (C=O) groups is 1. The molecule has 21 heavy (non-hydrogen) atoms. The van der Waals surface area contributed by atoms with Crippen LogP contribution < -0.4 is 5.32 Å². The van der Waals surface area contributed by atoms with Gasteiger partial charge in [0.05, 0.1) is 12.6 Å². The molecule has 0 bridgehead atoms. The highest BCUT2D eigenvalue weighted by Crippen LogP contribution is 2.35. The number of nitrogens with one attached hydrogen (secondary N) is 1. The molecule has 8 heteroatoms. The highest BCUT2D eigenvalue weighted by Gasteiger charge is 2.26. The first-order valence-electron chi connectivity index (χ1n) is 5.96. The van der Waals surface area contributed by atoms with E-state index in [2.05, 4.69) is 26.2 Å². The summed E-state index contributed by atoms with van der Waals surface area (Å²) in [6, 6.07) is 5.43. The maximum Gasteiger partial charge on any atom is 0.342 e. The number of aromatic nitrogens is 2. The maximum absolute atomic E-state index is 12.0. The minimum Gasteiger partial charge on any atom is -0.358 e. The molecule has 0 saturated heterocycles. The molecule has 3 rings (SSSR count). The number of fused-ring (bicyclic) bond motifs is 1. The summed E-state index contributed by atoms with van der Waals surface area (Å²) in [4.78, 5) is 26.3. The Hall–Kier alpha value is -2.48. The third kappa shape index (κ3) is 2.23. The zero-order valence-corrected chi connectivity index (χ0v) is 12.4. The Kier molecular flexibility index (Phi) is 3.09. The van der Waals surface area contributed by atoms with Crippen molar-refractivity contribution in [1.82, 2.24) is 9.55 Å². The molecule has 2 aromatic rings. The number of hydrogen-bond donors (Lipinski definition) is 1. The van der Waals surface area contributed by atoms with Crippen LogP contribution in [0.3, 0.4) is 0 Å². The number of nitro groups is 1. The first kappa shape index (κ1) is 13.5. The highest BCUT2D eigenvalue weighted by atomic mass is 79.9. The summed E-state index contributed by atoms with van der Waals surface area (Å²) in [7, 11) is 1.53. The van der Waals surface area contributed by atoms with Crippen LogP contribution in [0.1, 0.15) is 11.4 Å². The van der Waals surface area contributed by atoms with E-state index >= 15 is 0 Å². The molecule has 1 amide bonds. The molecule has 1 aromatic heterocycles. The average molecular weight is 349 g/mol. The number of halogens is 1. The Morgan fingerprint density at radius 1 is 1.48 bits per heavy atom. The van der Waals surface area contributed by atoms with Crippen molar-refractivity contribution in [3.05, 3.63) is 50.4 Å². The monoisotopic (exact) mass is 348 g/mol. The van der Waals surface area contributed by atoms with Gasteiger partial charge in [-0.25, -0.2) is 9.55 Å². The standard InChI is InChI=1S/C13H9BrN4O3/c1-17-11(15-6-12(17)18(20)21)5-9-8-4-7(14)2-3-10(8)16-13(9)19/h2-6H,1H3,(H,16,19)/b9-5-. The molecule has 1 aromatic carbocycles. The largest absolute Gasteiger partial charge is 0.358 e.